The van der Waals surface area contributed by atoms with E-state index in [0.29, 0.717) is 39.3 Å². The molecule has 1 N–H and O–H groups in total. The number of rotatable bonds is 13. The van der Waals surface area contributed by atoms with Gasteiger partial charge in [-0.3, -0.25) is 4.79 Å². The first-order chi connectivity index (χ1) is 19.3. The molecular formula is C31H33ClN2O5S. The molecule has 1 aromatic heterocycles. The van der Waals surface area contributed by atoms with Gasteiger partial charge in [0.05, 0.1) is 20.3 Å². The van der Waals surface area contributed by atoms with Gasteiger partial charge < -0.3 is 19.5 Å². The summed E-state index contributed by atoms with van der Waals surface area (Å²) in [6.45, 7) is 6.48. The molecule has 0 atom stereocenters. The van der Waals surface area contributed by atoms with Crippen molar-refractivity contribution in [2.45, 2.75) is 46.5 Å². The Hall–Kier alpha value is -3.80. The molecule has 3 aromatic rings. The maximum Gasteiger partial charge on any atom is 0.341 e. The maximum absolute atomic E-state index is 13.2. The number of nitriles is 1. The summed E-state index contributed by atoms with van der Waals surface area (Å²) in [4.78, 5) is 27.0. The lowest BCUT2D eigenvalue weighted by molar-refractivity contribution is -0.112. The molecule has 0 saturated carbocycles. The van der Waals surface area contributed by atoms with Crippen molar-refractivity contribution in [2.24, 2.45) is 0 Å². The molecule has 0 aliphatic carbocycles. The summed E-state index contributed by atoms with van der Waals surface area (Å²) >= 11 is 7.29. The van der Waals surface area contributed by atoms with Gasteiger partial charge in [0.2, 0.25) is 0 Å². The number of esters is 1. The summed E-state index contributed by atoms with van der Waals surface area (Å²) in [7, 11) is 1.54. The first kappa shape index (κ1) is 30.7. The summed E-state index contributed by atoms with van der Waals surface area (Å²) in [6.07, 6.45) is 5.83. The van der Waals surface area contributed by atoms with Crippen molar-refractivity contribution < 1.29 is 23.8 Å². The average Bonchev–Trinajstić information content (AvgIpc) is 3.27. The lowest BCUT2D eigenvalue weighted by Gasteiger charge is -2.11. The van der Waals surface area contributed by atoms with E-state index >= 15 is 0 Å². The van der Waals surface area contributed by atoms with Crippen LogP contribution < -0.4 is 14.8 Å². The fourth-order valence-electron chi connectivity index (χ4n) is 4.08. The Labute approximate surface area is 244 Å². The Morgan fingerprint density at radius 2 is 1.82 bits per heavy atom. The van der Waals surface area contributed by atoms with Gasteiger partial charge in [-0.1, -0.05) is 56.0 Å². The summed E-state index contributed by atoms with van der Waals surface area (Å²) in [6, 6.07) is 14.3. The third-order valence-corrected chi connectivity index (χ3v) is 7.32. The number of carbonyl (C=O) groups is 2. The lowest BCUT2D eigenvalue weighted by atomic mass is 10.0. The van der Waals surface area contributed by atoms with Gasteiger partial charge in [-0.25, -0.2) is 4.79 Å². The van der Waals surface area contributed by atoms with Crippen LogP contribution in [0.5, 0.6) is 11.5 Å². The highest BCUT2D eigenvalue weighted by Gasteiger charge is 2.26. The Bertz CT molecular complexity index is 1410. The van der Waals surface area contributed by atoms with Gasteiger partial charge in [0.1, 0.15) is 22.2 Å². The molecule has 2 aromatic carbocycles. The quantitative estimate of drug-likeness (QED) is 0.0950. The number of unbranched alkanes of at least 4 members (excludes halogenated alkanes) is 3. The van der Waals surface area contributed by atoms with E-state index in [9.17, 15) is 14.9 Å². The molecule has 0 bridgehead atoms. The van der Waals surface area contributed by atoms with E-state index in [1.54, 1.807) is 56.5 Å². The first-order valence-corrected chi connectivity index (χ1v) is 14.3. The summed E-state index contributed by atoms with van der Waals surface area (Å²) in [5.41, 5.74) is 2.10. The number of methoxy groups -OCH3 is 1. The van der Waals surface area contributed by atoms with Crippen LogP contribution in [0.3, 0.4) is 0 Å². The van der Waals surface area contributed by atoms with Crippen LogP contribution in [0.25, 0.3) is 17.2 Å². The van der Waals surface area contributed by atoms with Gasteiger partial charge in [0, 0.05) is 15.5 Å². The molecule has 0 spiro atoms. The Balaban J connectivity index is 1.87. The average molecular weight is 581 g/mol. The van der Waals surface area contributed by atoms with Gasteiger partial charge >= 0.3 is 5.97 Å². The van der Waals surface area contributed by atoms with Crippen LogP contribution in [-0.2, 0) is 9.53 Å². The molecule has 9 heteroatoms. The molecule has 0 saturated heterocycles. The standard InChI is InChI=1S/C31H33ClN2O5S/c1-5-7-8-9-16-39-25-15-10-21(18-26(25)37-4)17-23(19-33)29(35)34-30-28(31(36)38-6-2)27(20(3)40-30)22-11-13-24(32)14-12-22/h10-15,17-18H,5-9,16H2,1-4H3,(H,34,35)/b23-17+. The van der Waals surface area contributed by atoms with Crippen molar-refractivity contribution in [1.29, 1.82) is 5.26 Å². The van der Waals surface area contributed by atoms with Gasteiger partial charge in [0.25, 0.3) is 5.91 Å². The fraction of sp³-hybridized carbons (Fsp3) is 0.323. The molecule has 0 aliphatic rings. The van der Waals surface area contributed by atoms with Crippen LogP contribution in [-0.4, -0.2) is 32.2 Å². The van der Waals surface area contributed by atoms with Gasteiger partial charge in [-0.2, -0.15) is 5.26 Å². The van der Waals surface area contributed by atoms with Crippen molar-refractivity contribution in [1.82, 2.24) is 0 Å². The molecule has 0 fully saturated rings. The largest absolute Gasteiger partial charge is 0.493 e. The van der Waals surface area contributed by atoms with Crippen LogP contribution in [0.1, 0.15) is 60.3 Å². The van der Waals surface area contributed by atoms with Gasteiger partial charge in [-0.05, 0) is 61.7 Å². The molecule has 210 valence electrons. The minimum atomic E-state index is -0.646. The monoisotopic (exact) mass is 580 g/mol. The molecule has 0 radical (unpaired) electrons. The number of amides is 1. The third kappa shape index (κ3) is 7.87. The zero-order valence-corrected chi connectivity index (χ0v) is 24.7. The minimum Gasteiger partial charge on any atom is -0.493 e. The number of nitrogens with zero attached hydrogens (tertiary/aromatic N) is 1. The van der Waals surface area contributed by atoms with Crippen LogP contribution in [0.2, 0.25) is 5.02 Å². The maximum atomic E-state index is 13.2. The van der Waals surface area contributed by atoms with E-state index in [2.05, 4.69) is 12.2 Å². The van der Waals surface area contributed by atoms with Crippen LogP contribution in [0.4, 0.5) is 5.00 Å². The third-order valence-electron chi connectivity index (χ3n) is 6.04. The van der Waals surface area contributed by atoms with E-state index < -0.39 is 11.9 Å². The number of halogens is 1. The highest BCUT2D eigenvalue weighted by atomic mass is 35.5. The lowest BCUT2D eigenvalue weighted by Crippen LogP contribution is -2.16. The smallest absolute Gasteiger partial charge is 0.341 e. The van der Waals surface area contributed by atoms with Crippen molar-refractivity contribution in [3.63, 3.8) is 0 Å². The highest BCUT2D eigenvalue weighted by Crippen LogP contribution is 2.41. The van der Waals surface area contributed by atoms with Crippen molar-refractivity contribution in [3.05, 3.63) is 69.1 Å². The number of benzene rings is 2. The van der Waals surface area contributed by atoms with E-state index in [1.807, 2.05) is 13.0 Å². The number of thiophene rings is 1. The Kier molecular flexibility index (Phi) is 11.6. The van der Waals surface area contributed by atoms with E-state index in [1.165, 1.54) is 17.4 Å². The van der Waals surface area contributed by atoms with Crippen molar-refractivity contribution in [2.75, 3.05) is 25.6 Å². The van der Waals surface area contributed by atoms with Crippen molar-refractivity contribution >= 4 is 45.9 Å². The molecule has 0 unspecified atom stereocenters. The van der Waals surface area contributed by atoms with Gasteiger partial charge in [0.15, 0.2) is 11.5 Å². The molecule has 7 nitrogen and oxygen atoms in total. The first-order valence-electron chi connectivity index (χ1n) is 13.1. The predicted octanol–water partition coefficient (Wildman–Crippen LogP) is 8.07. The predicted molar refractivity (Wildman–Crippen MR) is 160 cm³/mol. The second-order valence-corrected chi connectivity index (χ2v) is 10.6. The zero-order valence-electron chi connectivity index (χ0n) is 23.1. The number of aryl methyl sites for hydroxylation is 1. The fourth-order valence-corrected chi connectivity index (χ4v) is 5.27. The Morgan fingerprint density at radius 1 is 1.07 bits per heavy atom. The van der Waals surface area contributed by atoms with Crippen LogP contribution >= 0.6 is 22.9 Å². The number of nitrogens with one attached hydrogen (secondary N) is 1. The topological polar surface area (TPSA) is 97.7 Å². The molecule has 3 rings (SSSR count). The molecule has 1 heterocycles. The summed E-state index contributed by atoms with van der Waals surface area (Å²) in [5.74, 6) is -0.105. The highest BCUT2D eigenvalue weighted by molar-refractivity contribution is 7.17. The SMILES string of the molecule is CCCCCCOc1ccc(/C=C(\C#N)C(=O)Nc2sc(C)c(-c3ccc(Cl)cc3)c2C(=O)OCC)cc1OC. The summed E-state index contributed by atoms with van der Waals surface area (Å²) < 4.78 is 16.6. The normalized spacial score (nSPS) is 11.1. The number of ether oxygens (including phenoxy) is 3. The molecule has 0 aliphatic heterocycles. The molecule has 40 heavy (non-hydrogen) atoms. The van der Waals surface area contributed by atoms with E-state index in [-0.39, 0.29) is 17.7 Å². The minimum absolute atomic E-state index is 0.135. The number of carbonyl (C=O) groups excluding carboxylic acids is 2. The van der Waals surface area contributed by atoms with E-state index in [4.69, 9.17) is 25.8 Å². The van der Waals surface area contributed by atoms with Crippen LogP contribution in [0, 0.1) is 18.3 Å². The number of hydrogen-bond donors (Lipinski definition) is 1. The summed E-state index contributed by atoms with van der Waals surface area (Å²) in [5, 5.41) is 13.4. The number of hydrogen-bond acceptors (Lipinski definition) is 7. The Morgan fingerprint density at radius 3 is 2.48 bits per heavy atom. The van der Waals surface area contributed by atoms with Crippen LogP contribution in [0.15, 0.2) is 48.0 Å². The zero-order chi connectivity index (χ0) is 29.1. The molecular weight excluding hydrogens is 548 g/mol. The molecule has 1 amide bonds. The van der Waals surface area contributed by atoms with Crippen molar-refractivity contribution in [3.8, 4) is 28.7 Å². The second-order valence-electron chi connectivity index (χ2n) is 8.91. The van der Waals surface area contributed by atoms with Gasteiger partial charge in [-0.15, -0.1) is 11.3 Å². The second kappa shape index (κ2) is 15.1. The van der Waals surface area contributed by atoms with E-state index in [0.717, 1.165) is 36.1 Å². The number of anilines is 1.